The van der Waals surface area contributed by atoms with Gasteiger partial charge in [0.1, 0.15) is 0 Å². The van der Waals surface area contributed by atoms with E-state index in [1.54, 1.807) is 37.0 Å². The first kappa shape index (κ1) is 23.6. The van der Waals surface area contributed by atoms with Crippen LogP contribution in [-0.2, 0) is 0 Å². The summed E-state index contributed by atoms with van der Waals surface area (Å²) in [6.45, 7) is 9.43. The van der Waals surface area contributed by atoms with Crippen LogP contribution in [0.25, 0.3) is 0 Å². The smallest absolute Gasteiger partial charge is 0.0690 e. The molecule has 1 aromatic rings. The number of aromatic nitrogens is 3. The Balaban J connectivity index is 0.000000889. The summed E-state index contributed by atoms with van der Waals surface area (Å²) in [5, 5.41) is 9.26. The third-order valence-electron chi connectivity index (χ3n) is 4.78. The molecular weight excluding hydrogens is 313 g/mol. The molecule has 24 heavy (non-hydrogen) atoms. The number of H-pyrrole nitrogens is 1. The quantitative estimate of drug-likeness (QED) is 0.294. The maximum Gasteiger partial charge on any atom is 0.0690 e. The van der Waals surface area contributed by atoms with Gasteiger partial charge in [0.05, 0.1) is 6.20 Å². The van der Waals surface area contributed by atoms with Crippen LogP contribution in [0.15, 0.2) is 12.4 Å². The van der Waals surface area contributed by atoms with Crippen LogP contribution in [0.1, 0.15) is 91.9 Å². The van der Waals surface area contributed by atoms with Crippen LogP contribution in [0.3, 0.4) is 0 Å². The first-order valence-electron chi connectivity index (χ1n) is 10.4. The number of nitrogens with zero attached hydrogens (tertiary/aromatic N) is 2. The summed E-state index contributed by atoms with van der Waals surface area (Å²) >= 11 is 0. The van der Waals surface area contributed by atoms with Gasteiger partial charge in [0.15, 0.2) is 0 Å². The highest BCUT2D eigenvalue weighted by atomic mass is 31.2. The summed E-state index contributed by atoms with van der Waals surface area (Å²) in [6, 6.07) is 0. The minimum atomic E-state index is -0.586. The van der Waals surface area contributed by atoms with E-state index in [2.05, 4.69) is 43.1 Å². The van der Waals surface area contributed by atoms with E-state index in [4.69, 9.17) is 0 Å². The number of unbranched alkanes of at least 4 members (excludes halogenated alkanes) is 6. The fraction of sp³-hybridized carbons (Fsp3) is 0.900. The van der Waals surface area contributed by atoms with Gasteiger partial charge < -0.3 is 0 Å². The van der Waals surface area contributed by atoms with Crippen LogP contribution >= 0.6 is 7.26 Å². The average Bonchev–Trinajstić information content (AvgIpc) is 3.19. The van der Waals surface area contributed by atoms with Crippen LogP contribution < -0.4 is 0 Å². The van der Waals surface area contributed by atoms with Gasteiger partial charge in [-0.15, -0.1) is 12.4 Å². The number of rotatable bonds is 14. The van der Waals surface area contributed by atoms with E-state index in [0.29, 0.717) is 0 Å². The van der Waals surface area contributed by atoms with Crippen molar-refractivity contribution in [3.8, 4) is 0 Å². The highest BCUT2D eigenvalue weighted by Gasteiger charge is 2.24. The van der Waals surface area contributed by atoms with Crippen molar-refractivity contribution in [2.24, 2.45) is 0 Å². The molecule has 0 aliphatic rings. The zero-order chi connectivity index (χ0) is 17.9. The summed E-state index contributed by atoms with van der Waals surface area (Å²) in [5.74, 6) is 0. The van der Waals surface area contributed by atoms with E-state index in [1.807, 2.05) is 0 Å². The molecule has 0 aromatic carbocycles. The molecule has 0 aliphatic heterocycles. The summed E-state index contributed by atoms with van der Waals surface area (Å²) in [7, 11) is -0.586. The summed E-state index contributed by atoms with van der Waals surface area (Å²) in [4.78, 5) is 0. The van der Waals surface area contributed by atoms with Gasteiger partial charge in [-0.1, -0.05) is 71.4 Å². The first-order valence-corrected chi connectivity index (χ1v) is 12.9. The Kier molecular flexibility index (Phi) is 17.1. The lowest BCUT2D eigenvalue weighted by atomic mass is 10.2. The topological polar surface area (TPSA) is 41.6 Å². The lowest BCUT2D eigenvalue weighted by Crippen LogP contribution is -2.12. The standard InChI is InChI=1S/C18H40P.C2H3N3/c1-5-9-13-14-18-19(15-10-6-2,16-11-7-3)17-12-8-4;1-2-4-5-3-1/h5-18H2,1-4H3;1-2H,(H,3,4,5). The van der Waals surface area contributed by atoms with Gasteiger partial charge in [0.25, 0.3) is 0 Å². The predicted molar refractivity (Wildman–Crippen MR) is 112 cm³/mol. The minimum Gasteiger partial charge on any atom is -0.266 e. The molecule has 1 aromatic heterocycles. The van der Waals surface area contributed by atoms with Gasteiger partial charge in [-0.25, -0.2) is 0 Å². The fourth-order valence-corrected chi connectivity index (χ4v) is 8.39. The third-order valence-corrected chi connectivity index (χ3v) is 9.83. The zero-order valence-corrected chi connectivity index (χ0v) is 17.8. The minimum absolute atomic E-state index is 0.586. The molecule has 0 aliphatic carbocycles. The average molecular weight is 357 g/mol. The molecule has 0 amide bonds. The second kappa shape index (κ2) is 17.4. The van der Waals surface area contributed by atoms with E-state index in [0.717, 1.165) is 0 Å². The van der Waals surface area contributed by atoms with Crippen molar-refractivity contribution in [1.82, 2.24) is 15.4 Å². The van der Waals surface area contributed by atoms with Gasteiger partial charge >= 0.3 is 0 Å². The van der Waals surface area contributed by atoms with Crippen molar-refractivity contribution >= 4 is 7.26 Å². The van der Waals surface area contributed by atoms with E-state index >= 15 is 0 Å². The maximum absolute atomic E-state index is 3.42. The lowest BCUT2D eigenvalue weighted by molar-refractivity contribution is 0.699. The molecule has 1 radical (unpaired) electrons. The molecule has 0 saturated heterocycles. The van der Waals surface area contributed by atoms with Crippen molar-refractivity contribution in [2.75, 3.05) is 24.6 Å². The molecule has 1 rings (SSSR count). The summed E-state index contributed by atoms with van der Waals surface area (Å²) in [6.07, 6.45) is 24.2. The Hall–Kier alpha value is -0.430. The number of hydrogen-bond acceptors (Lipinski definition) is 2. The van der Waals surface area contributed by atoms with Gasteiger partial charge in [-0.05, 0) is 50.3 Å². The molecule has 1 heterocycles. The Bertz CT molecular complexity index is 289. The Morgan fingerprint density at radius 3 is 1.50 bits per heavy atom. The van der Waals surface area contributed by atoms with Crippen LogP contribution in [0.4, 0.5) is 0 Å². The van der Waals surface area contributed by atoms with Gasteiger partial charge in [0.2, 0.25) is 0 Å². The van der Waals surface area contributed by atoms with Crippen molar-refractivity contribution < 1.29 is 0 Å². The van der Waals surface area contributed by atoms with Crippen molar-refractivity contribution in [3.05, 3.63) is 12.4 Å². The lowest BCUT2D eigenvalue weighted by Gasteiger charge is -2.37. The highest BCUT2D eigenvalue weighted by Crippen LogP contribution is 2.61. The predicted octanol–water partition coefficient (Wildman–Crippen LogP) is 6.79. The molecule has 143 valence electrons. The molecule has 1 N–H and O–H groups in total. The Morgan fingerprint density at radius 1 is 0.667 bits per heavy atom. The molecule has 0 saturated carbocycles. The molecule has 0 bridgehead atoms. The Labute approximate surface area is 152 Å². The highest BCUT2D eigenvalue weighted by molar-refractivity contribution is 7.75. The molecular formula is C20H43N3P. The SMILES string of the molecule is CCCCCC[P](CCCC)(CCCC)CCCC.c1c[nH]nn1. The maximum atomic E-state index is 3.42. The van der Waals surface area contributed by atoms with Crippen LogP contribution in [0, 0.1) is 0 Å². The number of aromatic amines is 1. The Morgan fingerprint density at radius 2 is 1.17 bits per heavy atom. The van der Waals surface area contributed by atoms with Crippen LogP contribution in [0.2, 0.25) is 0 Å². The molecule has 3 nitrogen and oxygen atoms in total. The largest absolute Gasteiger partial charge is 0.266 e. The number of nitrogens with one attached hydrogen (secondary N) is 1. The van der Waals surface area contributed by atoms with Gasteiger partial charge in [-0.2, -0.15) is 0 Å². The second-order valence-electron chi connectivity index (χ2n) is 7.02. The van der Waals surface area contributed by atoms with Crippen molar-refractivity contribution in [1.29, 1.82) is 0 Å². The van der Waals surface area contributed by atoms with Crippen molar-refractivity contribution in [3.63, 3.8) is 0 Å². The fourth-order valence-electron chi connectivity index (χ4n) is 3.19. The van der Waals surface area contributed by atoms with E-state index in [9.17, 15) is 0 Å². The van der Waals surface area contributed by atoms with E-state index < -0.39 is 7.26 Å². The third kappa shape index (κ3) is 12.9. The zero-order valence-electron chi connectivity index (χ0n) is 16.9. The molecule has 0 spiro atoms. The van der Waals surface area contributed by atoms with Crippen molar-refractivity contribution in [2.45, 2.75) is 91.9 Å². The molecule has 4 heteroatoms. The molecule has 0 atom stereocenters. The van der Waals surface area contributed by atoms with Crippen LogP contribution in [0.5, 0.6) is 0 Å². The number of hydrogen-bond donors (Lipinski definition) is 1. The summed E-state index contributed by atoms with van der Waals surface area (Å²) < 4.78 is 0. The molecule has 0 unspecified atom stereocenters. The summed E-state index contributed by atoms with van der Waals surface area (Å²) in [5.41, 5.74) is 0. The monoisotopic (exact) mass is 356 g/mol. The van der Waals surface area contributed by atoms with E-state index in [1.165, 1.54) is 64.2 Å². The van der Waals surface area contributed by atoms with Crippen LogP contribution in [-0.4, -0.2) is 40.1 Å². The second-order valence-corrected chi connectivity index (χ2v) is 11.5. The van der Waals surface area contributed by atoms with Gasteiger partial charge in [0, 0.05) is 6.20 Å². The molecule has 0 fully saturated rings. The normalized spacial score (nSPS) is 11.2. The van der Waals surface area contributed by atoms with E-state index in [-0.39, 0.29) is 0 Å². The van der Waals surface area contributed by atoms with Gasteiger partial charge in [-0.3, -0.25) is 5.10 Å². The first-order chi connectivity index (χ1) is 11.7.